The van der Waals surface area contributed by atoms with Crippen molar-refractivity contribution in [3.05, 3.63) is 70.2 Å². The molecule has 4 heterocycles. The highest BCUT2D eigenvalue weighted by atomic mass is 32.1. The molecule has 6 rings (SSSR count). The molecule has 39 heavy (non-hydrogen) atoms. The van der Waals surface area contributed by atoms with Gasteiger partial charge in [-0.2, -0.15) is 11.3 Å². The van der Waals surface area contributed by atoms with Crippen molar-refractivity contribution in [1.82, 2.24) is 20.0 Å². The average Bonchev–Trinajstić information content (AvgIpc) is 3.31. The summed E-state index contributed by atoms with van der Waals surface area (Å²) in [5, 5.41) is 19.9. The molecule has 1 atom stereocenters. The smallest absolute Gasteiger partial charge is 0.270 e. The number of carbonyl (C=O) groups excluding carboxylic acids is 2. The first-order chi connectivity index (χ1) is 18.9. The van der Waals surface area contributed by atoms with Crippen molar-refractivity contribution < 1.29 is 24.2 Å². The maximum atomic E-state index is 13.7. The van der Waals surface area contributed by atoms with Gasteiger partial charge in [-0.05, 0) is 66.5 Å². The minimum absolute atomic E-state index is 0.163. The van der Waals surface area contributed by atoms with Crippen LogP contribution in [0.2, 0.25) is 0 Å². The zero-order valence-corrected chi connectivity index (χ0v) is 22.6. The van der Waals surface area contributed by atoms with Crippen molar-refractivity contribution >= 4 is 28.8 Å². The number of pyridine rings is 1. The van der Waals surface area contributed by atoms with Gasteiger partial charge in [0.25, 0.3) is 11.8 Å². The van der Waals surface area contributed by atoms with Crippen molar-refractivity contribution in [3.8, 4) is 22.8 Å². The fourth-order valence-electron chi connectivity index (χ4n) is 5.15. The number of hydrogen-bond acceptors (Lipinski definition) is 7. The second-order valence-corrected chi connectivity index (χ2v) is 11.3. The highest BCUT2D eigenvalue weighted by molar-refractivity contribution is 7.08. The molecule has 3 aromatic heterocycles. The van der Waals surface area contributed by atoms with Crippen molar-refractivity contribution in [3.63, 3.8) is 0 Å². The molecule has 0 unspecified atom stereocenters. The Morgan fingerprint density at radius 1 is 1.15 bits per heavy atom. The van der Waals surface area contributed by atoms with E-state index in [1.165, 1.54) is 11.3 Å². The number of carbonyl (C=O) groups is 2. The van der Waals surface area contributed by atoms with Crippen LogP contribution >= 0.6 is 11.3 Å². The molecule has 1 aliphatic heterocycles. The number of aromatic nitrogens is 2. The highest BCUT2D eigenvalue weighted by Crippen LogP contribution is 2.48. The number of aliphatic hydroxyl groups is 1. The third-order valence-corrected chi connectivity index (χ3v) is 7.93. The number of rotatable bonds is 9. The quantitative estimate of drug-likeness (QED) is 0.288. The fourth-order valence-corrected chi connectivity index (χ4v) is 5.79. The van der Waals surface area contributed by atoms with Crippen LogP contribution in [0.1, 0.15) is 59.5 Å². The van der Waals surface area contributed by atoms with E-state index in [1.54, 1.807) is 22.7 Å². The molecule has 9 nitrogen and oxygen atoms in total. The lowest BCUT2D eigenvalue weighted by Gasteiger charge is -2.19. The van der Waals surface area contributed by atoms with Gasteiger partial charge in [0.1, 0.15) is 11.4 Å². The Hall–Kier alpha value is -3.89. The Labute approximate surface area is 229 Å². The number of fused-ring (bicyclic) bond motifs is 2. The first kappa shape index (κ1) is 25.4. The zero-order chi connectivity index (χ0) is 27.1. The second kappa shape index (κ2) is 10.0. The minimum atomic E-state index is -0.487. The predicted octanol–water partition coefficient (Wildman–Crippen LogP) is 4.35. The molecule has 2 aliphatic rings. The zero-order valence-electron chi connectivity index (χ0n) is 21.8. The van der Waals surface area contributed by atoms with Gasteiger partial charge in [0.2, 0.25) is 6.79 Å². The molecule has 1 saturated carbocycles. The second-order valence-electron chi connectivity index (χ2n) is 10.5. The van der Waals surface area contributed by atoms with Gasteiger partial charge in [0.05, 0.1) is 23.8 Å². The summed E-state index contributed by atoms with van der Waals surface area (Å²) in [6.07, 6.45) is 4.00. The summed E-state index contributed by atoms with van der Waals surface area (Å²) in [5.74, 6) is 1.07. The van der Waals surface area contributed by atoms with E-state index in [0.717, 1.165) is 24.0 Å². The number of ether oxygens (including phenoxy) is 2. The minimum Gasteiger partial charge on any atom is -0.454 e. The van der Waals surface area contributed by atoms with Crippen LogP contribution in [0.25, 0.3) is 16.9 Å². The number of hydrogen-bond donors (Lipinski definition) is 3. The first-order valence-electron chi connectivity index (χ1n) is 13.1. The molecule has 1 fully saturated rings. The van der Waals surface area contributed by atoms with Crippen LogP contribution < -0.4 is 20.1 Å². The molecule has 1 aromatic carbocycles. The normalized spacial score (nSPS) is 15.9. The number of amides is 2. The van der Waals surface area contributed by atoms with E-state index in [2.05, 4.69) is 10.6 Å². The molecule has 1 aliphatic carbocycles. The molecule has 4 aromatic rings. The van der Waals surface area contributed by atoms with E-state index in [-0.39, 0.29) is 31.3 Å². The Balaban J connectivity index is 1.35. The van der Waals surface area contributed by atoms with Gasteiger partial charge >= 0.3 is 0 Å². The summed E-state index contributed by atoms with van der Waals surface area (Å²) >= 11 is 1.50. The monoisotopic (exact) mass is 546 g/mol. The van der Waals surface area contributed by atoms with E-state index in [0.29, 0.717) is 46.4 Å². The van der Waals surface area contributed by atoms with Gasteiger partial charge in [-0.15, -0.1) is 0 Å². The lowest BCUT2D eigenvalue weighted by atomic mass is 10.0. The number of aliphatic hydroxyl groups excluding tert-OH is 1. The molecule has 0 spiro atoms. The van der Waals surface area contributed by atoms with E-state index >= 15 is 0 Å². The number of imidazole rings is 1. The van der Waals surface area contributed by atoms with Gasteiger partial charge in [0, 0.05) is 17.1 Å². The van der Waals surface area contributed by atoms with Gasteiger partial charge in [-0.1, -0.05) is 19.9 Å². The van der Waals surface area contributed by atoms with E-state index in [4.69, 9.17) is 14.5 Å². The van der Waals surface area contributed by atoms with Gasteiger partial charge < -0.3 is 25.2 Å². The molecular weight excluding hydrogens is 516 g/mol. The summed E-state index contributed by atoms with van der Waals surface area (Å²) in [7, 11) is 0. The lowest BCUT2D eigenvalue weighted by Crippen LogP contribution is -2.39. The third-order valence-electron chi connectivity index (χ3n) is 7.24. The number of benzene rings is 1. The molecule has 202 valence electrons. The van der Waals surface area contributed by atoms with E-state index in [9.17, 15) is 14.7 Å². The Kier molecular flexibility index (Phi) is 6.52. The Morgan fingerprint density at radius 2 is 1.97 bits per heavy atom. The van der Waals surface area contributed by atoms with Crippen LogP contribution in [-0.2, 0) is 5.54 Å². The summed E-state index contributed by atoms with van der Waals surface area (Å²) in [6, 6.07) is 10.7. The summed E-state index contributed by atoms with van der Waals surface area (Å²) in [5.41, 5.74) is 2.87. The van der Waals surface area contributed by atoms with Crippen molar-refractivity contribution in [2.45, 2.75) is 44.7 Å². The molecule has 0 bridgehead atoms. The number of nitrogens with one attached hydrogen (secondary N) is 2. The summed E-state index contributed by atoms with van der Waals surface area (Å²) in [4.78, 5) is 32.1. The molecule has 10 heteroatoms. The first-order valence-corrected chi connectivity index (χ1v) is 14.0. The summed E-state index contributed by atoms with van der Waals surface area (Å²) < 4.78 is 12.6. The largest absolute Gasteiger partial charge is 0.454 e. The lowest BCUT2D eigenvalue weighted by molar-refractivity contribution is 0.0899. The third kappa shape index (κ3) is 4.74. The topological polar surface area (TPSA) is 114 Å². The van der Waals surface area contributed by atoms with Crippen LogP contribution in [0.15, 0.2) is 53.4 Å². The van der Waals surface area contributed by atoms with E-state index < -0.39 is 5.54 Å². The van der Waals surface area contributed by atoms with Crippen LogP contribution in [0.3, 0.4) is 0 Å². The van der Waals surface area contributed by atoms with Gasteiger partial charge in [-0.3, -0.25) is 14.0 Å². The molecule has 0 saturated heterocycles. The van der Waals surface area contributed by atoms with Crippen LogP contribution in [0, 0.1) is 5.92 Å². The standard InChI is InChI=1S/C29H30N4O5S/c1-17(2)12-20(14-34)30-28(36)25-24(18-7-11-39-15-18)31-26-21(4-3-10-33(25)26)27(35)32-29(8-9-29)19-5-6-22-23(13-19)38-16-37-22/h3-7,10-11,13,15,17,20,34H,8-9,12,14,16H2,1-2H3,(H,30,36)(H,32,35)/t20-/m1/s1. The van der Waals surface area contributed by atoms with Crippen molar-refractivity contribution in [2.75, 3.05) is 13.4 Å². The molecule has 3 N–H and O–H groups in total. The van der Waals surface area contributed by atoms with Crippen LogP contribution in [0.4, 0.5) is 0 Å². The van der Waals surface area contributed by atoms with Crippen LogP contribution in [-0.4, -0.2) is 45.7 Å². The number of nitrogens with zero attached hydrogens (tertiary/aromatic N) is 2. The molecule has 2 amide bonds. The predicted molar refractivity (Wildman–Crippen MR) is 147 cm³/mol. The van der Waals surface area contributed by atoms with Gasteiger partial charge in [-0.25, -0.2) is 4.98 Å². The van der Waals surface area contributed by atoms with Crippen LogP contribution in [0.5, 0.6) is 11.5 Å². The van der Waals surface area contributed by atoms with Crippen molar-refractivity contribution in [1.29, 1.82) is 0 Å². The Bertz CT molecular complexity index is 1540. The van der Waals surface area contributed by atoms with Gasteiger partial charge in [0.15, 0.2) is 17.1 Å². The Morgan fingerprint density at radius 3 is 2.69 bits per heavy atom. The molecular formula is C29H30N4O5S. The maximum Gasteiger partial charge on any atom is 0.270 e. The maximum absolute atomic E-state index is 13.7. The van der Waals surface area contributed by atoms with E-state index in [1.807, 2.05) is 48.9 Å². The number of thiophene rings is 1. The van der Waals surface area contributed by atoms with Crippen molar-refractivity contribution in [2.24, 2.45) is 5.92 Å². The summed E-state index contributed by atoms with van der Waals surface area (Å²) in [6.45, 7) is 4.12. The fraction of sp³-hybridized carbons (Fsp3) is 0.345. The highest BCUT2D eigenvalue weighted by Gasteiger charge is 2.46. The SMILES string of the molecule is CC(C)C[C@H](CO)NC(=O)c1c(-c2ccsc2)nc2c(C(=O)NC3(c4ccc5c(c4)OCO5)CC3)cccn12. The molecule has 0 radical (unpaired) electrons. The average molecular weight is 547 g/mol.